The Bertz CT molecular complexity index is 172. The van der Waals surface area contributed by atoms with Crippen LogP contribution in [0.15, 0.2) is 36.4 Å². The van der Waals surface area contributed by atoms with E-state index in [0.717, 1.165) is 12.8 Å². The molecule has 1 atom stereocenters. The minimum atomic E-state index is -0.0449. The van der Waals surface area contributed by atoms with Gasteiger partial charge in [-0.25, -0.2) is 0 Å². The highest BCUT2D eigenvalue weighted by Crippen LogP contribution is 2.04. The Balaban J connectivity index is 0. The van der Waals surface area contributed by atoms with Crippen molar-refractivity contribution in [3.63, 3.8) is 0 Å². The van der Waals surface area contributed by atoms with Crippen LogP contribution in [0.1, 0.15) is 46.0 Å². The minimum Gasteiger partial charge on any atom is -0.412 e. The number of unbranched alkanes of at least 4 members (excludes halogenated alkanes) is 2. The quantitative estimate of drug-likeness (QED) is 0.770. The van der Waals surface area contributed by atoms with Gasteiger partial charge in [-0.15, -0.1) is 0 Å². The summed E-state index contributed by atoms with van der Waals surface area (Å²) in [6.07, 6.45) is 5.55. The lowest BCUT2D eigenvalue weighted by molar-refractivity contribution is 0.156. The lowest BCUT2D eigenvalue weighted by atomic mass is 10.1. The van der Waals surface area contributed by atoms with Gasteiger partial charge in [-0.1, -0.05) is 69.5 Å². The van der Waals surface area contributed by atoms with E-state index in [1.807, 2.05) is 43.3 Å². The van der Waals surface area contributed by atoms with Gasteiger partial charge in [-0.05, 0) is 12.8 Å². The average molecular weight is 226 g/mol. The van der Waals surface area contributed by atoms with Gasteiger partial charge in [0.15, 0.2) is 0 Å². The second-order valence-corrected chi connectivity index (χ2v) is 3.71. The topological polar surface area (TPSA) is 51.7 Å². The van der Waals surface area contributed by atoms with Crippen molar-refractivity contribution >= 4 is 0 Å². The molecule has 1 aromatic rings. The van der Waals surface area contributed by atoms with Gasteiger partial charge < -0.3 is 10.6 Å². The first kappa shape index (κ1) is 17.5. The van der Waals surface area contributed by atoms with E-state index in [9.17, 15) is 0 Å². The van der Waals surface area contributed by atoms with Crippen molar-refractivity contribution in [3.8, 4) is 0 Å². The molecule has 0 aliphatic carbocycles. The molecule has 0 aromatic heterocycles. The molecule has 1 aromatic carbocycles. The summed E-state index contributed by atoms with van der Waals surface area (Å²) < 4.78 is 0. The van der Waals surface area contributed by atoms with Crippen LogP contribution in [0, 0.1) is 0 Å². The molecular formula is C14H26O2. The molecule has 94 valence electrons. The van der Waals surface area contributed by atoms with Crippen molar-refractivity contribution in [2.24, 2.45) is 0 Å². The predicted molar refractivity (Wildman–Crippen MR) is 70.5 cm³/mol. The van der Waals surface area contributed by atoms with Crippen molar-refractivity contribution in [2.75, 3.05) is 0 Å². The highest BCUT2D eigenvalue weighted by Gasteiger charge is 1.97. The zero-order valence-corrected chi connectivity index (χ0v) is 10.5. The van der Waals surface area contributed by atoms with Crippen LogP contribution in [0.3, 0.4) is 0 Å². The summed E-state index contributed by atoms with van der Waals surface area (Å²) in [6, 6.07) is 12.0. The molecular weight excluding hydrogens is 200 g/mol. The summed E-state index contributed by atoms with van der Waals surface area (Å²) in [5.74, 6) is 0. The summed E-state index contributed by atoms with van der Waals surface area (Å²) in [4.78, 5) is 0. The summed E-state index contributed by atoms with van der Waals surface area (Å²) in [6.45, 7) is 4.20. The number of benzene rings is 1. The fraction of sp³-hybridized carbons (Fsp3) is 0.571. The molecule has 3 N–H and O–H groups in total. The molecule has 0 radical (unpaired) electrons. The first-order valence-corrected chi connectivity index (χ1v) is 5.99. The van der Waals surface area contributed by atoms with Gasteiger partial charge in [0.05, 0.1) is 6.10 Å². The second kappa shape index (κ2) is 14.1. The van der Waals surface area contributed by atoms with Gasteiger partial charge in [-0.2, -0.15) is 0 Å². The summed E-state index contributed by atoms with van der Waals surface area (Å²) in [5.41, 5.74) is 0. The van der Waals surface area contributed by atoms with E-state index in [1.165, 1.54) is 19.3 Å². The number of aliphatic hydroxyl groups excluding tert-OH is 1. The van der Waals surface area contributed by atoms with Gasteiger partial charge >= 0.3 is 0 Å². The molecule has 0 amide bonds. The fourth-order valence-corrected chi connectivity index (χ4v) is 1.22. The van der Waals surface area contributed by atoms with E-state index in [-0.39, 0.29) is 11.6 Å². The third-order valence-corrected chi connectivity index (χ3v) is 2.28. The van der Waals surface area contributed by atoms with Crippen LogP contribution in [0.25, 0.3) is 0 Å². The Morgan fingerprint density at radius 2 is 1.31 bits per heavy atom. The van der Waals surface area contributed by atoms with Gasteiger partial charge in [0, 0.05) is 0 Å². The smallest absolute Gasteiger partial charge is 0.0537 e. The van der Waals surface area contributed by atoms with Crippen LogP contribution in [0.4, 0.5) is 0 Å². The van der Waals surface area contributed by atoms with E-state index >= 15 is 0 Å². The predicted octanol–water partition coefficient (Wildman–Crippen LogP) is 3.20. The molecule has 1 unspecified atom stereocenters. The lowest BCUT2D eigenvalue weighted by Crippen LogP contribution is -2.02. The molecule has 2 nitrogen and oxygen atoms in total. The van der Waals surface area contributed by atoms with Gasteiger partial charge in [-0.3, -0.25) is 0 Å². The molecule has 0 spiro atoms. The maximum Gasteiger partial charge on any atom is 0.0537 e. The Labute approximate surface area is 99.6 Å². The molecule has 0 heterocycles. The molecule has 16 heavy (non-hydrogen) atoms. The van der Waals surface area contributed by atoms with Crippen molar-refractivity contribution in [2.45, 2.75) is 52.1 Å². The number of rotatable bonds is 5. The van der Waals surface area contributed by atoms with E-state index in [1.54, 1.807) is 0 Å². The first-order valence-electron chi connectivity index (χ1n) is 5.99. The third kappa shape index (κ3) is 13.1. The summed E-state index contributed by atoms with van der Waals surface area (Å²) in [5, 5.41) is 9.08. The Morgan fingerprint density at radius 3 is 1.62 bits per heavy atom. The van der Waals surface area contributed by atoms with Crippen LogP contribution in [-0.2, 0) is 0 Å². The van der Waals surface area contributed by atoms with Gasteiger partial charge in [0.2, 0.25) is 0 Å². The highest BCUT2D eigenvalue weighted by molar-refractivity contribution is 4.99. The maximum absolute atomic E-state index is 9.08. The summed E-state index contributed by atoms with van der Waals surface area (Å²) >= 11 is 0. The molecule has 1 rings (SSSR count). The minimum absolute atomic E-state index is 0. The van der Waals surface area contributed by atoms with E-state index < -0.39 is 0 Å². The molecule has 0 bridgehead atoms. The third-order valence-electron chi connectivity index (χ3n) is 2.28. The second-order valence-electron chi connectivity index (χ2n) is 3.71. The van der Waals surface area contributed by atoms with Crippen molar-refractivity contribution in [3.05, 3.63) is 36.4 Å². The fourth-order valence-electron chi connectivity index (χ4n) is 1.22. The number of aliphatic hydroxyl groups is 1. The highest BCUT2D eigenvalue weighted by atomic mass is 16.3. The van der Waals surface area contributed by atoms with Crippen LogP contribution in [0.5, 0.6) is 0 Å². The molecule has 0 fully saturated rings. The largest absolute Gasteiger partial charge is 0.412 e. The van der Waals surface area contributed by atoms with E-state index in [2.05, 4.69) is 6.92 Å². The molecule has 0 aliphatic heterocycles. The van der Waals surface area contributed by atoms with Crippen molar-refractivity contribution < 1.29 is 10.6 Å². The first-order chi connectivity index (χ1) is 7.31. The zero-order valence-electron chi connectivity index (χ0n) is 10.5. The van der Waals surface area contributed by atoms with Crippen LogP contribution in [0.2, 0.25) is 0 Å². The SMILES string of the molecule is CCCCCC(O)CC.O.c1ccccc1. The lowest BCUT2D eigenvalue weighted by Gasteiger charge is -2.04. The monoisotopic (exact) mass is 226 g/mol. The van der Waals surface area contributed by atoms with Crippen molar-refractivity contribution in [1.29, 1.82) is 0 Å². The molecule has 0 aliphatic rings. The standard InChI is InChI=1S/C8H18O.C6H6.H2O/c1-3-5-6-7-8(9)4-2;1-2-4-6-5-3-1;/h8-9H,3-7H2,1-2H3;1-6H;1H2. The van der Waals surface area contributed by atoms with Gasteiger partial charge in [0.25, 0.3) is 0 Å². The Hall–Kier alpha value is -0.860. The number of hydrogen-bond donors (Lipinski definition) is 1. The number of hydrogen-bond acceptors (Lipinski definition) is 1. The van der Waals surface area contributed by atoms with Crippen molar-refractivity contribution in [1.82, 2.24) is 0 Å². The molecule has 0 saturated carbocycles. The normalized spacial score (nSPS) is 10.7. The average Bonchev–Trinajstić information content (AvgIpc) is 2.32. The van der Waals surface area contributed by atoms with Crippen LogP contribution < -0.4 is 0 Å². The maximum atomic E-state index is 9.08. The molecule has 0 saturated heterocycles. The zero-order chi connectivity index (χ0) is 11.4. The summed E-state index contributed by atoms with van der Waals surface area (Å²) in [7, 11) is 0. The van der Waals surface area contributed by atoms with Crippen LogP contribution in [-0.4, -0.2) is 16.7 Å². The van der Waals surface area contributed by atoms with E-state index in [0.29, 0.717) is 0 Å². The van der Waals surface area contributed by atoms with E-state index in [4.69, 9.17) is 5.11 Å². The van der Waals surface area contributed by atoms with Crippen LogP contribution >= 0.6 is 0 Å². The molecule has 2 heteroatoms. The Morgan fingerprint density at radius 1 is 0.875 bits per heavy atom. The van der Waals surface area contributed by atoms with Gasteiger partial charge in [0.1, 0.15) is 0 Å². The Kier molecular flexibility index (Phi) is 15.5.